The molecule has 3 heterocycles. The molecule has 0 spiro atoms. The number of aromatic nitrogens is 1. The Balaban J connectivity index is 2.40. The van der Waals surface area contributed by atoms with E-state index in [1.54, 1.807) is 0 Å². The number of hydrogen-bond acceptors (Lipinski definition) is 14. The second kappa shape index (κ2) is 10.9. The number of nitriles is 1. The number of esters is 6. The summed E-state index contributed by atoms with van der Waals surface area (Å²) in [5.41, 5.74) is -4.65. The van der Waals surface area contributed by atoms with E-state index in [0.29, 0.717) is 0 Å². The summed E-state index contributed by atoms with van der Waals surface area (Å²) in [6.45, 7) is 0. The fourth-order valence-electron chi connectivity index (χ4n) is 6.00. The third-order valence-electron chi connectivity index (χ3n) is 7.47. The lowest BCUT2D eigenvalue weighted by Gasteiger charge is -2.46. The van der Waals surface area contributed by atoms with E-state index in [0.717, 1.165) is 52.1 Å². The molecule has 1 fully saturated rings. The van der Waals surface area contributed by atoms with Crippen LogP contribution >= 0.6 is 0 Å². The van der Waals surface area contributed by atoms with Crippen LogP contribution in [0.1, 0.15) is 32.1 Å². The Morgan fingerprint density at radius 3 is 1.83 bits per heavy atom. The first-order valence-corrected chi connectivity index (χ1v) is 12.1. The quantitative estimate of drug-likeness (QED) is 0.332. The second-order valence-corrected chi connectivity index (χ2v) is 9.01. The lowest BCUT2D eigenvalue weighted by atomic mass is 9.74. The number of carbonyl (C=O) groups is 6. The zero-order valence-electron chi connectivity index (χ0n) is 23.3. The number of methoxy groups -OCH3 is 6. The van der Waals surface area contributed by atoms with Crippen LogP contribution < -0.4 is 4.90 Å². The first kappa shape index (κ1) is 29.6. The van der Waals surface area contributed by atoms with Gasteiger partial charge < -0.3 is 37.9 Å². The van der Waals surface area contributed by atoms with Crippen molar-refractivity contribution in [1.82, 2.24) is 4.57 Å². The van der Waals surface area contributed by atoms with Gasteiger partial charge in [-0.3, -0.25) is 9.59 Å². The molecule has 0 saturated carbocycles. The van der Waals surface area contributed by atoms with Crippen molar-refractivity contribution in [2.24, 2.45) is 11.8 Å². The summed E-state index contributed by atoms with van der Waals surface area (Å²) in [5.74, 6) is -10.6. The lowest BCUT2D eigenvalue weighted by molar-refractivity contribution is -0.165. The molecule has 4 atom stereocenters. The summed E-state index contributed by atoms with van der Waals surface area (Å²) < 4.78 is 31.1. The standard InChI is InChI=1S/C27H25N3O12/c1-37-21(31)15-12(11-28)20-27(26(36)42-6)17(23(33)39-3)16(22(32)38-2)19(25(35)41-5)30(27)14-10-8-7-9-13(14)29(20)18(15)24(34)40-4/h7-10,16-17,19H,1-6H3. The third-order valence-corrected chi connectivity index (χ3v) is 7.47. The maximum atomic E-state index is 14.2. The summed E-state index contributed by atoms with van der Waals surface area (Å²) >= 11 is 0. The molecule has 2 aliphatic heterocycles. The van der Waals surface area contributed by atoms with Gasteiger partial charge >= 0.3 is 35.8 Å². The normalized spacial score (nSPS) is 21.5. The van der Waals surface area contributed by atoms with Crippen molar-refractivity contribution >= 4 is 41.5 Å². The monoisotopic (exact) mass is 583 g/mol. The van der Waals surface area contributed by atoms with Crippen LogP contribution in [0.15, 0.2) is 24.3 Å². The maximum absolute atomic E-state index is 14.2. The van der Waals surface area contributed by atoms with Gasteiger partial charge in [-0.25, -0.2) is 19.2 Å². The van der Waals surface area contributed by atoms with Crippen LogP contribution in [-0.4, -0.2) is 89.1 Å². The number of hydrogen-bond donors (Lipinski definition) is 0. The zero-order chi connectivity index (χ0) is 31.1. The number of benzene rings is 1. The van der Waals surface area contributed by atoms with E-state index in [2.05, 4.69) is 0 Å². The van der Waals surface area contributed by atoms with Crippen molar-refractivity contribution in [3.63, 3.8) is 0 Å². The molecule has 220 valence electrons. The highest BCUT2D eigenvalue weighted by molar-refractivity contribution is 6.10. The minimum atomic E-state index is -2.59. The van der Waals surface area contributed by atoms with Crippen LogP contribution in [0, 0.1) is 23.2 Å². The molecule has 0 radical (unpaired) electrons. The highest BCUT2D eigenvalue weighted by Crippen LogP contribution is 2.59. The minimum absolute atomic E-state index is 0.0205. The van der Waals surface area contributed by atoms with Gasteiger partial charge in [0.25, 0.3) is 0 Å². The van der Waals surface area contributed by atoms with Gasteiger partial charge in [0.2, 0.25) is 0 Å². The molecular weight excluding hydrogens is 558 g/mol. The van der Waals surface area contributed by atoms with Gasteiger partial charge in [0.05, 0.1) is 65.3 Å². The van der Waals surface area contributed by atoms with Crippen molar-refractivity contribution in [3.8, 4) is 11.8 Å². The van der Waals surface area contributed by atoms with E-state index in [-0.39, 0.29) is 11.4 Å². The molecule has 1 aromatic carbocycles. The van der Waals surface area contributed by atoms with E-state index in [4.69, 9.17) is 28.4 Å². The van der Waals surface area contributed by atoms with Crippen LogP contribution in [-0.2, 0) is 53.1 Å². The van der Waals surface area contributed by atoms with E-state index in [9.17, 15) is 34.0 Å². The summed E-state index contributed by atoms with van der Waals surface area (Å²) in [7, 11) is 6.04. The Bertz CT molecular complexity index is 1570. The average Bonchev–Trinajstić information content (AvgIpc) is 3.55. The number of para-hydroxylation sites is 2. The van der Waals surface area contributed by atoms with Crippen LogP contribution in [0.4, 0.5) is 5.69 Å². The molecule has 0 N–H and O–H groups in total. The molecule has 0 amide bonds. The van der Waals surface area contributed by atoms with Gasteiger partial charge in [0, 0.05) is 0 Å². The minimum Gasteiger partial charge on any atom is -0.469 e. The topological polar surface area (TPSA) is 190 Å². The Hall–Kier alpha value is -5.39. The smallest absolute Gasteiger partial charge is 0.356 e. The molecule has 0 aliphatic carbocycles. The first-order chi connectivity index (χ1) is 20.1. The molecule has 2 aromatic rings. The number of rotatable bonds is 6. The fraction of sp³-hybridized carbons (Fsp3) is 0.370. The molecular formula is C27H25N3O12. The molecule has 1 saturated heterocycles. The van der Waals surface area contributed by atoms with Crippen LogP contribution in [0.5, 0.6) is 0 Å². The van der Waals surface area contributed by atoms with E-state index >= 15 is 0 Å². The molecule has 15 heteroatoms. The average molecular weight is 584 g/mol. The number of fused-ring (bicyclic) bond motifs is 6. The fourth-order valence-corrected chi connectivity index (χ4v) is 6.00. The van der Waals surface area contributed by atoms with Crippen molar-refractivity contribution in [3.05, 3.63) is 46.8 Å². The van der Waals surface area contributed by atoms with Gasteiger partial charge in [0.15, 0.2) is 5.54 Å². The maximum Gasteiger partial charge on any atom is 0.356 e. The molecule has 15 nitrogen and oxygen atoms in total. The van der Waals surface area contributed by atoms with Crippen LogP contribution in [0.3, 0.4) is 0 Å². The van der Waals surface area contributed by atoms with Crippen LogP contribution in [0.2, 0.25) is 0 Å². The van der Waals surface area contributed by atoms with E-state index in [1.165, 1.54) is 24.3 Å². The van der Waals surface area contributed by atoms with E-state index in [1.807, 2.05) is 6.07 Å². The van der Waals surface area contributed by atoms with E-state index < -0.39 is 81.7 Å². The van der Waals surface area contributed by atoms with Crippen LogP contribution in [0.25, 0.3) is 5.69 Å². The Labute approximate surface area is 238 Å². The first-order valence-electron chi connectivity index (χ1n) is 12.1. The molecule has 1 aromatic heterocycles. The zero-order valence-corrected chi connectivity index (χ0v) is 23.3. The highest BCUT2D eigenvalue weighted by Gasteiger charge is 2.75. The van der Waals surface area contributed by atoms with Crippen molar-refractivity contribution in [2.45, 2.75) is 11.6 Å². The Morgan fingerprint density at radius 1 is 0.762 bits per heavy atom. The van der Waals surface area contributed by atoms with Gasteiger partial charge in [-0.15, -0.1) is 0 Å². The summed E-state index contributed by atoms with van der Waals surface area (Å²) in [5, 5.41) is 10.5. The molecule has 4 unspecified atom stereocenters. The molecule has 2 aliphatic rings. The van der Waals surface area contributed by atoms with Crippen molar-refractivity contribution < 1.29 is 57.2 Å². The molecule has 4 rings (SSSR count). The Morgan fingerprint density at radius 2 is 1.33 bits per heavy atom. The largest absolute Gasteiger partial charge is 0.469 e. The SMILES string of the molecule is COC(=O)c1c(C#N)c2n(c1C(=O)OC)-c1ccccc1N1C(C(=O)OC)C(C(=O)OC)C(C(=O)OC)C21C(=O)OC. The van der Waals surface area contributed by atoms with Crippen molar-refractivity contribution in [2.75, 3.05) is 47.6 Å². The molecule has 0 bridgehead atoms. The van der Waals surface area contributed by atoms with Gasteiger partial charge in [-0.2, -0.15) is 5.26 Å². The number of ether oxygens (including phenoxy) is 6. The Kier molecular flexibility index (Phi) is 7.67. The highest BCUT2D eigenvalue weighted by atomic mass is 16.6. The summed E-state index contributed by atoms with van der Waals surface area (Å²) in [6, 6.07) is 6.05. The predicted molar refractivity (Wildman–Crippen MR) is 136 cm³/mol. The summed E-state index contributed by atoms with van der Waals surface area (Å²) in [4.78, 5) is 82.3. The number of anilines is 1. The number of carbonyl (C=O) groups excluding carboxylic acids is 6. The second-order valence-electron chi connectivity index (χ2n) is 9.01. The van der Waals surface area contributed by atoms with Gasteiger partial charge in [-0.1, -0.05) is 12.1 Å². The van der Waals surface area contributed by atoms with Crippen molar-refractivity contribution in [1.29, 1.82) is 5.26 Å². The molecule has 42 heavy (non-hydrogen) atoms. The summed E-state index contributed by atoms with van der Waals surface area (Å²) in [6.07, 6.45) is 0. The van der Waals surface area contributed by atoms with Gasteiger partial charge in [-0.05, 0) is 12.1 Å². The van der Waals surface area contributed by atoms with Gasteiger partial charge in [0.1, 0.15) is 35.2 Å². The number of nitrogens with zero attached hydrogens (tertiary/aromatic N) is 3. The third kappa shape index (κ3) is 3.64. The lowest BCUT2D eigenvalue weighted by Crippen LogP contribution is -2.60. The predicted octanol–water partition coefficient (Wildman–Crippen LogP) is 0.244.